The van der Waals surface area contributed by atoms with E-state index in [-0.39, 0.29) is 17.6 Å². The Balaban J connectivity index is 1.94. The number of morpholine rings is 1. The highest BCUT2D eigenvalue weighted by atomic mass is 19.4. The predicted molar refractivity (Wildman–Crippen MR) is 95.2 cm³/mol. The van der Waals surface area contributed by atoms with E-state index in [2.05, 4.69) is 0 Å². The first-order valence-electron chi connectivity index (χ1n) is 8.94. The molecule has 0 N–H and O–H groups in total. The van der Waals surface area contributed by atoms with Crippen molar-refractivity contribution in [3.8, 4) is 0 Å². The van der Waals surface area contributed by atoms with Gasteiger partial charge in [-0.2, -0.15) is 13.2 Å². The number of hydrogen-bond donors (Lipinski definition) is 0. The number of carbonyl (C=O) groups excluding carboxylic acids is 1. The molecule has 3 rings (SSSR count). The number of hydrogen-bond acceptors (Lipinski definition) is 3. The molecule has 1 saturated heterocycles. The van der Waals surface area contributed by atoms with Gasteiger partial charge in [-0.3, -0.25) is 4.90 Å². The Morgan fingerprint density at radius 2 is 1.93 bits per heavy atom. The van der Waals surface area contributed by atoms with Crippen LogP contribution in [0.2, 0.25) is 0 Å². The molecule has 1 aromatic carbocycles. The highest BCUT2D eigenvalue weighted by Crippen LogP contribution is 2.39. The summed E-state index contributed by atoms with van der Waals surface area (Å²) in [4.78, 5) is 14.2. The lowest BCUT2D eigenvalue weighted by atomic mass is 9.87. The van der Waals surface area contributed by atoms with Gasteiger partial charge in [-0.25, -0.2) is 4.79 Å². The van der Waals surface area contributed by atoms with Crippen LogP contribution >= 0.6 is 0 Å². The maximum Gasteiger partial charge on any atom is 0.416 e. The first kappa shape index (κ1) is 19.7. The highest BCUT2D eigenvalue weighted by molar-refractivity contribution is 5.76. The third-order valence-electron chi connectivity index (χ3n) is 4.79. The first-order chi connectivity index (χ1) is 12.5. The maximum absolute atomic E-state index is 13.2. The molecule has 2 heterocycles. The van der Waals surface area contributed by atoms with Crippen LogP contribution < -0.4 is 0 Å². The zero-order valence-electron chi connectivity index (χ0n) is 15.9. The van der Waals surface area contributed by atoms with E-state index in [1.54, 1.807) is 31.7 Å². The smallest absolute Gasteiger partial charge is 0.416 e. The van der Waals surface area contributed by atoms with E-state index < -0.39 is 23.4 Å². The molecule has 2 unspecified atom stereocenters. The summed E-state index contributed by atoms with van der Waals surface area (Å²) in [6.07, 6.45) is -2.55. The second-order valence-corrected chi connectivity index (χ2v) is 8.02. The van der Waals surface area contributed by atoms with Gasteiger partial charge in [0.2, 0.25) is 0 Å². The Kier molecular flexibility index (Phi) is 5.01. The van der Waals surface area contributed by atoms with Crippen molar-refractivity contribution in [3.05, 3.63) is 41.0 Å². The van der Waals surface area contributed by atoms with Gasteiger partial charge in [0.25, 0.3) is 0 Å². The van der Waals surface area contributed by atoms with Gasteiger partial charge in [0.15, 0.2) is 0 Å². The monoisotopic (exact) mass is 383 g/mol. The molecule has 1 amide bonds. The summed E-state index contributed by atoms with van der Waals surface area (Å²) < 4.78 is 50.8. The summed E-state index contributed by atoms with van der Waals surface area (Å²) in [7, 11) is 0. The van der Waals surface area contributed by atoms with E-state index in [9.17, 15) is 18.0 Å². The van der Waals surface area contributed by atoms with Crippen molar-refractivity contribution in [2.45, 2.75) is 58.0 Å². The van der Waals surface area contributed by atoms with E-state index in [0.717, 1.165) is 11.6 Å². The largest absolute Gasteiger partial charge is 0.444 e. The number of nitrogens with zero attached hydrogens (tertiary/aromatic N) is 1. The van der Waals surface area contributed by atoms with Crippen molar-refractivity contribution in [2.24, 2.45) is 0 Å². The van der Waals surface area contributed by atoms with Crippen molar-refractivity contribution >= 4 is 11.7 Å². The maximum atomic E-state index is 13.2. The van der Waals surface area contributed by atoms with Crippen LogP contribution in [-0.4, -0.2) is 41.9 Å². The van der Waals surface area contributed by atoms with Crippen LogP contribution in [0.5, 0.6) is 0 Å². The van der Waals surface area contributed by atoms with Gasteiger partial charge in [0.05, 0.1) is 30.9 Å². The van der Waals surface area contributed by atoms with Crippen LogP contribution in [-0.2, 0) is 15.7 Å². The van der Waals surface area contributed by atoms with Crippen LogP contribution in [0, 0.1) is 6.92 Å². The Bertz CT molecular complexity index is 765. The molecule has 148 valence electrons. The van der Waals surface area contributed by atoms with Gasteiger partial charge >= 0.3 is 12.3 Å². The lowest BCUT2D eigenvalue weighted by Gasteiger charge is -2.44. The van der Waals surface area contributed by atoms with E-state index in [1.807, 2.05) is 6.08 Å². The fraction of sp³-hybridized carbons (Fsp3) is 0.550. The van der Waals surface area contributed by atoms with Gasteiger partial charge in [0, 0.05) is 0 Å². The van der Waals surface area contributed by atoms with Gasteiger partial charge in [-0.15, -0.1) is 0 Å². The summed E-state index contributed by atoms with van der Waals surface area (Å²) in [5.74, 6) is 0. The zero-order valence-corrected chi connectivity index (χ0v) is 15.9. The fourth-order valence-electron chi connectivity index (χ4n) is 3.69. The second kappa shape index (κ2) is 6.86. The van der Waals surface area contributed by atoms with Gasteiger partial charge < -0.3 is 9.47 Å². The molecule has 0 spiro atoms. The highest BCUT2D eigenvalue weighted by Gasteiger charge is 2.41. The molecule has 4 nitrogen and oxygen atoms in total. The Morgan fingerprint density at radius 3 is 2.52 bits per heavy atom. The molecule has 2 aliphatic heterocycles. The topological polar surface area (TPSA) is 38.8 Å². The van der Waals surface area contributed by atoms with Crippen molar-refractivity contribution in [2.75, 3.05) is 13.2 Å². The third kappa shape index (κ3) is 4.13. The minimum absolute atomic E-state index is 0.209. The third-order valence-corrected chi connectivity index (χ3v) is 4.79. The molecule has 27 heavy (non-hydrogen) atoms. The van der Waals surface area contributed by atoms with Gasteiger partial charge in [0.1, 0.15) is 5.60 Å². The van der Waals surface area contributed by atoms with Crippen LogP contribution in [0.15, 0.2) is 24.3 Å². The summed E-state index contributed by atoms with van der Waals surface area (Å²) in [5, 5.41) is 0. The molecule has 0 aliphatic carbocycles. The lowest BCUT2D eigenvalue weighted by Crippen LogP contribution is -2.57. The number of alkyl halides is 3. The standard InChI is InChI=1S/C20H24F3NO3/c1-12-16(6-5-7-17(12)20(21,22)23)13-8-14-10-26-11-15(9-13)24(14)18(25)27-19(2,3)4/h5-8,14-15H,9-11H2,1-4H3. The molecule has 7 heteroatoms. The molecule has 0 aromatic heterocycles. The van der Waals surface area contributed by atoms with Crippen LogP contribution in [0.25, 0.3) is 5.57 Å². The van der Waals surface area contributed by atoms with Crippen molar-refractivity contribution in [1.82, 2.24) is 4.90 Å². The first-order valence-corrected chi connectivity index (χ1v) is 8.94. The van der Waals surface area contributed by atoms with E-state index in [0.29, 0.717) is 25.2 Å². The van der Waals surface area contributed by atoms with Crippen molar-refractivity contribution < 1.29 is 27.4 Å². The molecule has 1 fully saturated rings. The minimum atomic E-state index is -4.39. The summed E-state index contributed by atoms with van der Waals surface area (Å²) in [5.41, 5.74) is 0.355. The molecule has 2 bridgehead atoms. The average molecular weight is 383 g/mol. The number of fused-ring (bicyclic) bond motifs is 2. The van der Waals surface area contributed by atoms with Crippen molar-refractivity contribution in [3.63, 3.8) is 0 Å². The van der Waals surface area contributed by atoms with E-state index >= 15 is 0 Å². The van der Waals surface area contributed by atoms with Gasteiger partial charge in [-0.1, -0.05) is 18.2 Å². The number of benzene rings is 1. The second-order valence-electron chi connectivity index (χ2n) is 8.02. The minimum Gasteiger partial charge on any atom is -0.444 e. The van der Waals surface area contributed by atoms with E-state index in [1.165, 1.54) is 13.0 Å². The number of rotatable bonds is 1. The fourth-order valence-corrected chi connectivity index (χ4v) is 3.69. The SMILES string of the molecule is Cc1c(C2=CC3COCC(C2)N3C(=O)OC(C)(C)C)cccc1C(F)(F)F. The predicted octanol–water partition coefficient (Wildman–Crippen LogP) is 4.81. The molecule has 0 radical (unpaired) electrons. The molecule has 2 atom stereocenters. The number of halogens is 3. The van der Waals surface area contributed by atoms with Crippen LogP contribution in [0.3, 0.4) is 0 Å². The molecule has 0 saturated carbocycles. The van der Waals surface area contributed by atoms with Crippen LogP contribution in [0.1, 0.15) is 43.9 Å². The quantitative estimate of drug-likeness (QED) is 0.699. The molecule has 2 aliphatic rings. The summed E-state index contributed by atoms with van der Waals surface area (Å²) in [6.45, 7) is 7.53. The van der Waals surface area contributed by atoms with Crippen molar-refractivity contribution in [1.29, 1.82) is 0 Å². The lowest BCUT2D eigenvalue weighted by molar-refractivity contribution is -0.138. The Morgan fingerprint density at radius 1 is 1.22 bits per heavy atom. The Labute approximate surface area is 156 Å². The molecular formula is C20H24F3NO3. The number of amides is 1. The van der Waals surface area contributed by atoms with E-state index in [4.69, 9.17) is 9.47 Å². The van der Waals surface area contributed by atoms with Crippen LogP contribution in [0.4, 0.5) is 18.0 Å². The molecular weight excluding hydrogens is 359 g/mol. The number of ether oxygens (including phenoxy) is 2. The zero-order chi connectivity index (χ0) is 20.0. The Hall–Kier alpha value is -2.02. The normalized spacial score (nSPS) is 23.1. The summed E-state index contributed by atoms with van der Waals surface area (Å²) >= 11 is 0. The number of carbonyl (C=O) groups is 1. The average Bonchev–Trinajstić information content (AvgIpc) is 2.51. The summed E-state index contributed by atoms with van der Waals surface area (Å²) in [6, 6.07) is 3.62. The van der Waals surface area contributed by atoms with Gasteiger partial charge in [-0.05, 0) is 56.9 Å². The molecule has 1 aromatic rings.